The monoisotopic (exact) mass is 292 g/mol. The Hall–Kier alpha value is -3.21. The molecule has 2 heterocycles. The molecule has 0 atom stereocenters. The predicted molar refractivity (Wildman–Crippen MR) is 83.4 cm³/mol. The standard InChI is InChI=1S/C17H12N2O3/c20-15(13-9-5-1-3-7-11(9)16(21)18-13)14-10-6-2-4-8-12(10)17(22)19-14/h1-8,18-19,21-22H. The van der Waals surface area contributed by atoms with Crippen molar-refractivity contribution in [3.8, 4) is 11.8 Å². The van der Waals surface area contributed by atoms with Gasteiger partial charge in [-0.1, -0.05) is 36.4 Å². The summed E-state index contributed by atoms with van der Waals surface area (Å²) in [6, 6.07) is 14.2. The highest BCUT2D eigenvalue weighted by Gasteiger charge is 2.21. The van der Waals surface area contributed by atoms with E-state index in [9.17, 15) is 15.0 Å². The lowest BCUT2D eigenvalue weighted by Crippen LogP contribution is -2.03. The third-order valence-corrected chi connectivity index (χ3v) is 3.84. The number of aromatic amines is 2. The Bertz CT molecular complexity index is 945. The van der Waals surface area contributed by atoms with Gasteiger partial charge >= 0.3 is 0 Å². The second kappa shape index (κ2) is 4.39. The molecule has 22 heavy (non-hydrogen) atoms. The molecule has 0 saturated heterocycles. The Morgan fingerprint density at radius 3 is 1.45 bits per heavy atom. The molecule has 4 rings (SSSR count). The molecule has 5 heteroatoms. The summed E-state index contributed by atoms with van der Waals surface area (Å²) in [6.45, 7) is 0. The first-order chi connectivity index (χ1) is 10.7. The van der Waals surface area contributed by atoms with E-state index >= 15 is 0 Å². The first kappa shape index (κ1) is 12.5. The van der Waals surface area contributed by atoms with Gasteiger partial charge < -0.3 is 20.2 Å². The zero-order valence-electron chi connectivity index (χ0n) is 11.4. The number of benzene rings is 2. The van der Waals surface area contributed by atoms with Gasteiger partial charge in [-0.15, -0.1) is 0 Å². The maximum Gasteiger partial charge on any atom is 0.226 e. The van der Waals surface area contributed by atoms with Gasteiger partial charge in [-0.25, -0.2) is 0 Å². The number of rotatable bonds is 2. The Morgan fingerprint density at radius 2 is 1.05 bits per heavy atom. The Balaban J connectivity index is 1.97. The van der Waals surface area contributed by atoms with Crippen molar-refractivity contribution in [2.45, 2.75) is 0 Å². The van der Waals surface area contributed by atoms with Gasteiger partial charge in [0.25, 0.3) is 0 Å². The van der Waals surface area contributed by atoms with E-state index in [0.29, 0.717) is 32.9 Å². The molecule has 0 bridgehead atoms. The van der Waals surface area contributed by atoms with Gasteiger partial charge in [-0.05, 0) is 12.1 Å². The van der Waals surface area contributed by atoms with Crippen molar-refractivity contribution >= 4 is 27.3 Å². The molecular formula is C17H12N2O3. The molecule has 0 spiro atoms. The normalized spacial score (nSPS) is 11.3. The molecule has 0 amide bonds. The molecule has 5 nitrogen and oxygen atoms in total. The molecule has 0 radical (unpaired) electrons. The van der Waals surface area contributed by atoms with Crippen LogP contribution in [0, 0.1) is 0 Å². The van der Waals surface area contributed by atoms with Crippen molar-refractivity contribution in [3.63, 3.8) is 0 Å². The number of H-pyrrole nitrogens is 2. The number of ketones is 1. The minimum Gasteiger partial charge on any atom is -0.494 e. The van der Waals surface area contributed by atoms with Gasteiger partial charge in [0, 0.05) is 21.5 Å². The molecule has 2 aromatic heterocycles. The first-order valence-electron chi connectivity index (χ1n) is 6.81. The fraction of sp³-hybridized carbons (Fsp3) is 0. The van der Waals surface area contributed by atoms with Crippen LogP contribution in [0.5, 0.6) is 11.8 Å². The van der Waals surface area contributed by atoms with E-state index < -0.39 is 0 Å². The average molecular weight is 292 g/mol. The lowest BCUT2D eigenvalue weighted by Gasteiger charge is -1.98. The van der Waals surface area contributed by atoms with Crippen molar-refractivity contribution in [2.75, 3.05) is 0 Å². The molecule has 0 aliphatic rings. The van der Waals surface area contributed by atoms with Crippen LogP contribution in [0.25, 0.3) is 21.5 Å². The van der Waals surface area contributed by atoms with Crippen LogP contribution < -0.4 is 0 Å². The SMILES string of the molecule is O=C(c1[nH]c(O)c2ccccc12)c1[nH]c(O)c2ccccc12. The molecule has 108 valence electrons. The van der Waals surface area contributed by atoms with E-state index in [2.05, 4.69) is 9.97 Å². The number of carbonyl (C=O) groups excluding carboxylic acids is 1. The van der Waals surface area contributed by atoms with Crippen LogP contribution in [0.4, 0.5) is 0 Å². The van der Waals surface area contributed by atoms with Crippen LogP contribution in [-0.4, -0.2) is 26.0 Å². The van der Waals surface area contributed by atoms with Gasteiger partial charge in [-0.3, -0.25) is 4.79 Å². The van der Waals surface area contributed by atoms with Crippen LogP contribution in [-0.2, 0) is 0 Å². The first-order valence-corrected chi connectivity index (χ1v) is 6.81. The van der Waals surface area contributed by atoms with E-state index in [-0.39, 0.29) is 17.5 Å². The molecule has 0 fully saturated rings. The highest BCUT2D eigenvalue weighted by molar-refractivity contribution is 6.21. The molecule has 4 N–H and O–H groups in total. The summed E-state index contributed by atoms with van der Waals surface area (Å²) in [4.78, 5) is 18.3. The maximum absolute atomic E-state index is 12.8. The number of hydrogen-bond donors (Lipinski definition) is 4. The topological polar surface area (TPSA) is 89.1 Å². The smallest absolute Gasteiger partial charge is 0.226 e. The van der Waals surface area contributed by atoms with Gasteiger partial charge in [0.2, 0.25) is 5.78 Å². The van der Waals surface area contributed by atoms with Gasteiger partial charge in [0.05, 0.1) is 11.4 Å². The van der Waals surface area contributed by atoms with Crippen molar-refractivity contribution in [2.24, 2.45) is 0 Å². The number of nitrogens with one attached hydrogen (secondary N) is 2. The third kappa shape index (κ3) is 1.62. The summed E-state index contributed by atoms with van der Waals surface area (Å²) in [5, 5.41) is 22.3. The van der Waals surface area contributed by atoms with E-state index in [1.54, 1.807) is 48.5 Å². The quantitative estimate of drug-likeness (QED) is 0.427. The van der Waals surface area contributed by atoms with E-state index in [4.69, 9.17) is 0 Å². The molecule has 2 aromatic carbocycles. The average Bonchev–Trinajstić information content (AvgIpc) is 3.06. The van der Waals surface area contributed by atoms with Crippen molar-refractivity contribution in [1.82, 2.24) is 9.97 Å². The summed E-state index contributed by atoms with van der Waals surface area (Å²) in [5.41, 5.74) is 0.584. The van der Waals surface area contributed by atoms with Crippen molar-refractivity contribution < 1.29 is 15.0 Å². The number of hydrogen-bond acceptors (Lipinski definition) is 3. The molecular weight excluding hydrogens is 280 g/mol. The largest absolute Gasteiger partial charge is 0.494 e. The molecule has 0 unspecified atom stereocenters. The zero-order valence-corrected chi connectivity index (χ0v) is 11.4. The number of fused-ring (bicyclic) bond motifs is 2. The fourth-order valence-corrected chi connectivity index (χ4v) is 2.80. The van der Waals surface area contributed by atoms with Crippen LogP contribution in [0.2, 0.25) is 0 Å². The molecule has 0 saturated carbocycles. The van der Waals surface area contributed by atoms with Crippen LogP contribution >= 0.6 is 0 Å². The van der Waals surface area contributed by atoms with E-state index in [1.807, 2.05) is 0 Å². The van der Waals surface area contributed by atoms with Crippen molar-refractivity contribution in [1.29, 1.82) is 0 Å². The minimum absolute atomic E-state index is 0.0426. The number of aromatic hydroxyl groups is 2. The van der Waals surface area contributed by atoms with E-state index in [1.165, 1.54) is 0 Å². The molecule has 0 aliphatic heterocycles. The van der Waals surface area contributed by atoms with Crippen molar-refractivity contribution in [3.05, 3.63) is 59.9 Å². The van der Waals surface area contributed by atoms with Crippen LogP contribution in [0.15, 0.2) is 48.5 Å². The van der Waals surface area contributed by atoms with Gasteiger partial charge in [0.1, 0.15) is 0 Å². The second-order valence-electron chi connectivity index (χ2n) is 5.12. The Kier molecular flexibility index (Phi) is 2.50. The lowest BCUT2D eigenvalue weighted by atomic mass is 10.1. The van der Waals surface area contributed by atoms with Gasteiger partial charge in [0.15, 0.2) is 11.8 Å². The maximum atomic E-state index is 12.8. The summed E-state index contributed by atoms with van der Waals surface area (Å²) >= 11 is 0. The Morgan fingerprint density at radius 1 is 0.682 bits per heavy atom. The Labute approximate surface area is 124 Å². The minimum atomic E-state index is -0.312. The predicted octanol–water partition coefficient (Wildman–Crippen LogP) is 3.29. The van der Waals surface area contributed by atoms with E-state index in [0.717, 1.165) is 0 Å². The summed E-state index contributed by atoms with van der Waals surface area (Å²) in [5.74, 6) is -0.397. The molecule has 0 aliphatic carbocycles. The third-order valence-electron chi connectivity index (χ3n) is 3.84. The number of carbonyl (C=O) groups is 1. The van der Waals surface area contributed by atoms with Gasteiger partial charge in [-0.2, -0.15) is 0 Å². The highest BCUT2D eigenvalue weighted by Crippen LogP contribution is 2.32. The lowest BCUT2D eigenvalue weighted by molar-refractivity contribution is 0.103. The molecule has 4 aromatic rings. The summed E-state index contributed by atoms with van der Waals surface area (Å²) < 4.78 is 0. The highest BCUT2D eigenvalue weighted by atomic mass is 16.3. The fourth-order valence-electron chi connectivity index (χ4n) is 2.80. The van der Waals surface area contributed by atoms with Crippen LogP contribution in [0.1, 0.15) is 16.2 Å². The van der Waals surface area contributed by atoms with Crippen LogP contribution in [0.3, 0.4) is 0 Å². The zero-order chi connectivity index (χ0) is 15.3. The summed E-state index contributed by atoms with van der Waals surface area (Å²) in [7, 11) is 0. The number of aromatic nitrogens is 2. The summed E-state index contributed by atoms with van der Waals surface area (Å²) in [6.07, 6.45) is 0. The second-order valence-corrected chi connectivity index (χ2v) is 5.12.